The van der Waals surface area contributed by atoms with Crippen molar-refractivity contribution < 1.29 is 0 Å². The average Bonchev–Trinajstić information content (AvgIpc) is 2.47. The Morgan fingerprint density at radius 3 is 3.00 bits per heavy atom. The standard InChI is InChI=1S/C16H23Cl2N3S/c17-14-5-1-3-12(9-14)7-8-19-16(22)21-20-11-13-4-2-6-15(18)10-13/h2,4,9-10,12,15,20H,1,3,5-8,11H2,(H2,19,21,22). The largest absolute Gasteiger partial charge is 0.362 e. The Bertz CT molecular complexity index is 474. The first-order valence-electron chi connectivity index (χ1n) is 7.77. The molecule has 0 radical (unpaired) electrons. The van der Waals surface area contributed by atoms with Crippen LogP contribution in [0.4, 0.5) is 0 Å². The van der Waals surface area contributed by atoms with E-state index in [0.717, 1.165) is 30.8 Å². The van der Waals surface area contributed by atoms with Crippen molar-refractivity contribution in [3.8, 4) is 0 Å². The average molecular weight is 360 g/mol. The van der Waals surface area contributed by atoms with Crippen molar-refractivity contribution in [2.24, 2.45) is 5.92 Å². The van der Waals surface area contributed by atoms with Crippen LogP contribution in [-0.4, -0.2) is 23.6 Å². The summed E-state index contributed by atoms with van der Waals surface area (Å²) < 4.78 is 0. The summed E-state index contributed by atoms with van der Waals surface area (Å²) in [5, 5.41) is 4.94. The summed E-state index contributed by atoms with van der Waals surface area (Å²) in [6, 6.07) is 0. The Kier molecular flexibility index (Phi) is 7.73. The van der Waals surface area contributed by atoms with Crippen LogP contribution < -0.4 is 16.2 Å². The van der Waals surface area contributed by atoms with Gasteiger partial charge in [0.2, 0.25) is 0 Å². The topological polar surface area (TPSA) is 36.1 Å². The molecule has 3 N–H and O–H groups in total. The number of hydrazine groups is 1. The zero-order valence-electron chi connectivity index (χ0n) is 12.6. The molecule has 0 bridgehead atoms. The van der Waals surface area contributed by atoms with E-state index < -0.39 is 0 Å². The fourth-order valence-corrected chi connectivity index (χ4v) is 3.40. The van der Waals surface area contributed by atoms with Gasteiger partial charge >= 0.3 is 0 Å². The molecule has 0 spiro atoms. The fraction of sp³-hybridized carbons (Fsp3) is 0.562. The molecule has 0 saturated heterocycles. The molecule has 0 aromatic heterocycles. The molecule has 2 aliphatic carbocycles. The number of hydrogen-bond acceptors (Lipinski definition) is 2. The van der Waals surface area contributed by atoms with E-state index in [1.807, 2.05) is 0 Å². The van der Waals surface area contributed by atoms with E-state index in [2.05, 4.69) is 40.5 Å². The summed E-state index contributed by atoms with van der Waals surface area (Å²) in [4.78, 5) is 0. The molecule has 0 amide bonds. The van der Waals surface area contributed by atoms with Crippen LogP contribution in [0.15, 0.2) is 34.9 Å². The Balaban J connectivity index is 1.56. The number of hydrogen-bond donors (Lipinski definition) is 3. The van der Waals surface area contributed by atoms with Crippen LogP contribution in [0.1, 0.15) is 32.1 Å². The lowest BCUT2D eigenvalue weighted by Gasteiger charge is -2.19. The molecule has 2 rings (SSSR count). The van der Waals surface area contributed by atoms with Gasteiger partial charge in [-0.05, 0) is 55.8 Å². The molecule has 0 saturated carbocycles. The first-order chi connectivity index (χ1) is 10.6. The molecule has 122 valence electrons. The number of alkyl halides is 1. The van der Waals surface area contributed by atoms with Crippen molar-refractivity contribution in [1.82, 2.24) is 16.2 Å². The number of halogens is 2. The predicted octanol–water partition coefficient (Wildman–Crippen LogP) is 3.76. The van der Waals surface area contributed by atoms with Crippen LogP contribution >= 0.6 is 35.4 Å². The number of nitrogens with one attached hydrogen (secondary N) is 3. The highest BCUT2D eigenvalue weighted by atomic mass is 35.5. The van der Waals surface area contributed by atoms with Crippen LogP contribution in [0.25, 0.3) is 0 Å². The molecule has 0 aromatic carbocycles. The second-order valence-electron chi connectivity index (χ2n) is 5.68. The molecular formula is C16H23Cl2N3S. The summed E-state index contributed by atoms with van der Waals surface area (Å²) in [5.41, 5.74) is 7.28. The Morgan fingerprint density at radius 1 is 1.36 bits per heavy atom. The van der Waals surface area contributed by atoms with Crippen molar-refractivity contribution in [3.63, 3.8) is 0 Å². The second-order valence-corrected chi connectivity index (χ2v) is 7.14. The molecule has 22 heavy (non-hydrogen) atoms. The molecule has 6 heteroatoms. The summed E-state index contributed by atoms with van der Waals surface area (Å²) in [7, 11) is 0. The quantitative estimate of drug-likeness (QED) is 0.383. The third-order valence-corrected chi connectivity index (χ3v) is 4.66. The zero-order valence-corrected chi connectivity index (χ0v) is 14.9. The smallest absolute Gasteiger partial charge is 0.180 e. The number of thiocarbonyl (C=S) groups is 1. The molecule has 0 fully saturated rings. The van der Waals surface area contributed by atoms with Crippen molar-refractivity contribution in [2.45, 2.75) is 37.5 Å². The molecule has 2 unspecified atom stereocenters. The Labute approximate surface area is 148 Å². The predicted molar refractivity (Wildman–Crippen MR) is 99.1 cm³/mol. The van der Waals surface area contributed by atoms with E-state index in [1.165, 1.54) is 18.4 Å². The maximum absolute atomic E-state index is 6.08. The SMILES string of the molecule is S=C(NCCC1C=C(Cl)CCC1)NNCC1=CC(Cl)CC=C1. The Hall–Kier alpha value is -0.550. The normalized spacial score (nSPS) is 24.5. The summed E-state index contributed by atoms with van der Waals surface area (Å²) in [6.45, 7) is 1.55. The summed E-state index contributed by atoms with van der Waals surface area (Å²) >= 11 is 17.4. The number of allylic oxidation sites excluding steroid dienone is 4. The van der Waals surface area contributed by atoms with Gasteiger partial charge < -0.3 is 5.32 Å². The molecular weight excluding hydrogens is 337 g/mol. The highest BCUT2D eigenvalue weighted by molar-refractivity contribution is 7.80. The first-order valence-corrected chi connectivity index (χ1v) is 9.00. The first kappa shape index (κ1) is 17.8. The van der Waals surface area contributed by atoms with E-state index in [9.17, 15) is 0 Å². The van der Waals surface area contributed by atoms with Gasteiger partial charge in [0, 0.05) is 18.1 Å². The van der Waals surface area contributed by atoms with Gasteiger partial charge in [0.25, 0.3) is 0 Å². The third-order valence-electron chi connectivity index (χ3n) is 3.79. The van der Waals surface area contributed by atoms with Gasteiger partial charge in [0.15, 0.2) is 5.11 Å². The second kappa shape index (κ2) is 9.56. The summed E-state index contributed by atoms with van der Waals surface area (Å²) in [6.07, 6.45) is 13.8. The third kappa shape index (κ3) is 6.69. The van der Waals surface area contributed by atoms with E-state index in [-0.39, 0.29) is 5.38 Å². The molecule has 2 aliphatic rings. The van der Waals surface area contributed by atoms with E-state index >= 15 is 0 Å². The maximum atomic E-state index is 6.08. The van der Waals surface area contributed by atoms with Gasteiger partial charge in [-0.15, -0.1) is 11.6 Å². The molecule has 2 atom stereocenters. The number of rotatable bonds is 6. The van der Waals surface area contributed by atoms with Crippen LogP contribution in [0.3, 0.4) is 0 Å². The van der Waals surface area contributed by atoms with Gasteiger partial charge in [0.05, 0.1) is 5.38 Å². The van der Waals surface area contributed by atoms with E-state index in [0.29, 0.717) is 17.6 Å². The van der Waals surface area contributed by atoms with Gasteiger partial charge in [-0.25, -0.2) is 5.43 Å². The van der Waals surface area contributed by atoms with E-state index in [4.69, 9.17) is 35.4 Å². The van der Waals surface area contributed by atoms with Crippen LogP contribution in [0, 0.1) is 5.92 Å². The maximum Gasteiger partial charge on any atom is 0.180 e. The lowest BCUT2D eigenvalue weighted by molar-refractivity contribution is 0.497. The minimum absolute atomic E-state index is 0.0993. The van der Waals surface area contributed by atoms with Gasteiger partial charge in [0.1, 0.15) is 0 Å². The van der Waals surface area contributed by atoms with Crippen LogP contribution in [-0.2, 0) is 0 Å². The monoisotopic (exact) mass is 359 g/mol. The fourth-order valence-electron chi connectivity index (χ4n) is 2.65. The van der Waals surface area contributed by atoms with E-state index in [1.54, 1.807) is 0 Å². The highest BCUT2D eigenvalue weighted by Gasteiger charge is 2.12. The van der Waals surface area contributed by atoms with Crippen molar-refractivity contribution in [3.05, 3.63) is 34.9 Å². The highest BCUT2D eigenvalue weighted by Crippen LogP contribution is 2.26. The lowest BCUT2D eigenvalue weighted by Crippen LogP contribution is -2.45. The van der Waals surface area contributed by atoms with Gasteiger partial charge in [-0.2, -0.15) is 0 Å². The molecule has 0 aliphatic heterocycles. The van der Waals surface area contributed by atoms with Crippen molar-refractivity contribution in [2.75, 3.05) is 13.1 Å². The lowest BCUT2D eigenvalue weighted by atomic mass is 9.93. The van der Waals surface area contributed by atoms with Crippen LogP contribution in [0.5, 0.6) is 0 Å². The zero-order chi connectivity index (χ0) is 15.8. The molecule has 3 nitrogen and oxygen atoms in total. The van der Waals surface area contributed by atoms with Crippen LogP contribution in [0.2, 0.25) is 0 Å². The summed E-state index contributed by atoms with van der Waals surface area (Å²) in [5.74, 6) is 0.572. The van der Waals surface area contributed by atoms with Gasteiger partial charge in [-0.3, -0.25) is 5.43 Å². The minimum atomic E-state index is 0.0993. The van der Waals surface area contributed by atoms with Crippen molar-refractivity contribution >= 4 is 40.5 Å². The van der Waals surface area contributed by atoms with Gasteiger partial charge in [-0.1, -0.05) is 35.9 Å². The molecule has 0 heterocycles. The molecule has 0 aromatic rings. The minimum Gasteiger partial charge on any atom is -0.362 e. The Morgan fingerprint density at radius 2 is 2.23 bits per heavy atom. The van der Waals surface area contributed by atoms with Crippen molar-refractivity contribution in [1.29, 1.82) is 0 Å².